The molecule has 20 heavy (non-hydrogen) atoms. The molecule has 0 aliphatic carbocycles. The van der Waals surface area contributed by atoms with Gasteiger partial charge in [-0.3, -0.25) is 5.43 Å². The second kappa shape index (κ2) is 5.22. The SMILES string of the molecule is C/C(=N\Nc1nncs1)c1cc2ccccc2oc1=O. The van der Waals surface area contributed by atoms with Gasteiger partial charge in [-0.1, -0.05) is 29.5 Å². The minimum absolute atomic E-state index is 0.413. The van der Waals surface area contributed by atoms with Crippen LogP contribution in [0.3, 0.4) is 0 Å². The summed E-state index contributed by atoms with van der Waals surface area (Å²) in [5.41, 5.74) is 5.44. The lowest BCUT2D eigenvalue weighted by Crippen LogP contribution is -2.13. The van der Waals surface area contributed by atoms with E-state index in [-0.39, 0.29) is 0 Å². The van der Waals surface area contributed by atoms with E-state index in [0.717, 1.165) is 5.39 Å². The molecule has 0 saturated heterocycles. The lowest BCUT2D eigenvalue weighted by atomic mass is 10.1. The van der Waals surface area contributed by atoms with Crippen molar-refractivity contribution in [2.75, 3.05) is 5.43 Å². The van der Waals surface area contributed by atoms with Crippen LogP contribution in [0.4, 0.5) is 5.13 Å². The summed E-state index contributed by atoms with van der Waals surface area (Å²) in [6, 6.07) is 9.11. The predicted molar refractivity (Wildman–Crippen MR) is 78.2 cm³/mol. The van der Waals surface area contributed by atoms with E-state index in [0.29, 0.717) is 22.0 Å². The number of rotatable bonds is 3. The summed E-state index contributed by atoms with van der Waals surface area (Å²) in [4.78, 5) is 11.9. The van der Waals surface area contributed by atoms with E-state index in [9.17, 15) is 4.79 Å². The van der Waals surface area contributed by atoms with Crippen molar-refractivity contribution >= 4 is 33.1 Å². The molecule has 7 heteroatoms. The van der Waals surface area contributed by atoms with Crippen molar-refractivity contribution < 1.29 is 4.42 Å². The van der Waals surface area contributed by atoms with Crippen LogP contribution >= 0.6 is 11.3 Å². The molecule has 0 radical (unpaired) electrons. The molecule has 1 aromatic carbocycles. The maximum Gasteiger partial charge on any atom is 0.345 e. The fourth-order valence-electron chi connectivity index (χ4n) is 1.73. The molecule has 0 unspecified atom stereocenters. The smallest absolute Gasteiger partial charge is 0.345 e. The third-order valence-electron chi connectivity index (χ3n) is 2.71. The average molecular weight is 286 g/mol. The van der Waals surface area contributed by atoms with Crippen molar-refractivity contribution in [3.8, 4) is 0 Å². The highest BCUT2D eigenvalue weighted by Crippen LogP contribution is 2.13. The van der Waals surface area contributed by atoms with E-state index in [1.165, 1.54) is 11.3 Å². The zero-order valence-electron chi connectivity index (χ0n) is 10.5. The standard InChI is InChI=1S/C13H10N4O2S/c1-8(15-17-13-16-14-7-20-13)10-6-9-4-2-3-5-11(9)19-12(10)18/h2-7H,1H3,(H,16,17)/b15-8+. The Kier molecular flexibility index (Phi) is 3.26. The first-order chi connectivity index (χ1) is 9.74. The zero-order chi connectivity index (χ0) is 13.9. The largest absolute Gasteiger partial charge is 0.422 e. The van der Waals surface area contributed by atoms with Crippen LogP contribution in [0.1, 0.15) is 12.5 Å². The highest BCUT2D eigenvalue weighted by molar-refractivity contribution is 7.13. The Morgan fingerprint density at radius 3 is 3.05 bits per heavy atom. The van der Waals surface area contributed by atoms with Gasteiger partial charge in [-0.15, -0.1) is 10.2 Å². The molecule has 0 saturated carbocycles. The Balaban J connectivity index is 1.98. The third-order valence-corrected chi connectivity index (χ3v) is 3.31. The summed E-state index contributed by atoms with van der Waals surface area (Å²) >= 11 is 1.32. The fraction of sp³-hybridized carbons (Fsp3) is 0.0769. The van der Waals surface area contributed by atoms with Crippen LogP contribution in [-0.2, 0) is 0 Å². The quantitative estimate of drug-likeness (QED) is 0.454. The minimum Gasteiger partial charge on any atom is -0.422 e. The van der Waals surface area contributed by atoms with Gasteiger partial charge in [-0.2, -0.15) is 5.10 Å². The van der Waals surface area contributed by atoms with E-state index in [1.807, 2.05) is 18.2 Å². The van der Waals surface area contributed by atoms with E-state index in [2.05, 4.69) is 20.7 Å². The average Bonchev–Trinajstić information content (AvgIpc) is 2.97. The molecule has 1 N–H and O–H groups in total. The summed E-state index contributed by atoms with van der Waals surface area (Å²) < 4.78 is 5.26. The Bertz CT molecular complexity index is 824. The Labute approximate surface area is 117 Å². The predicted octanol–water partition coefficient (Wildman–Crippen LogP) is 2.48. The van der Waals surface area contributed by atoms with Crippen molar-refractivity contribution in [2.24, 2.45) is 5.10 Å². The van der Waals surface area contributed by atoms with E-state index >= 15 is 0 Å². The summed E-state index contributed by atoms with van der Waals surface area (Å²) in [6.45, 7) is 1.73. The van der Waals surface area contributed by atoms with Crippen LogP contribution in [0.2, 0.25) is 0 Å². The Morgan fingerprint density at radius 1 is 1.40 bits per heavy atom. The number of hydrazone groups is 1. The molecule has 0 fully saturated rings. The van der Waals surface area contributed by atoms with Gasteiger partial charge in [0, 0.05) is 5.39 Å². The van der Waals surface area contributed by atoms with Gasteiger partial charge >= 0.3 is 5.63 Å². The summed E-state index contributed by atoms with van der Waals surface area (Å²) in [5.74, 6) is 0. The molecule has 0 aliphatic rings. The van der Waals surface area contributed by atoms with Gasteiger partial charge in [0.1, 0.15) is 11.1 Å². The maximum atomic E-state index is 11.9. The third kappa shape index (κ3) is 2.43. The molecule has 2 aromatic heterocycles. The minimum atomic E-state index is -0.413. The van der Waals surface area contributed by atoms with Crippen LogP contribution in [0.5, 0.6) is 0 Å². The molecule has 3 rings (SSSR count). The van der Waals surface area contributed by atoms with E-state index in [1.54, 1.807) is 24.6 Å². The van der Waals surface area contributed by atoms with Gasteiger partial charge in [-0.05, 0) is 19.1 Å². The second-order valence-corrected chi connectivity index (χ2v) is 4.87. The van der Waals surface area contributed by atoms with Crippen LogP contribution in [0, 0.1) is 0 Å². The Morgan fingerprint density at radius 2 is 2.25 bits per heavy atom. The fourth-order valence-corrected chi connectivity index (χ4v) is 2.11. The van der Waals surface area contributed by atoms with Gasteiger partial charge in [0.2, 0.25) is 5.13 Å². The first kappa shape index (κ1) is 12.5. The van der Waals surface area contributed by atoms with Gasteiger partial charge in [0.15, 0.2) is 0 Å². The number of benzene rings is 1. The molecule has 0 atom stereocenters. The number of aromatic nitrogens is 2. The van der Waals surface area contributed by atoms with Crippen molar-refractivity contribution in [2.45, 2.75) is 6.92 Å². The number of nitrogens with zero attached hydrogens (tertiary/aromatic N) is 3. The monoisotopic (exact) mass is 286 g/mol. The van der Waals surface area contributed by atoms with Crippen molar-refractivity contribution in [3.05, 3.63) is 51.8 Å². The number of para-hydroxylation sites is 1. The van der Waals surface area contributed by atoms with Crippen LogP contribution in [0.15, 0.2) is 50.2 Å². The normalized spacial score (nSPS) is 11.8. The van der Waals surface area contributed by atoms with Crippen molar-refractivity contribution in [3.63, 3.8) is 0 Å². The molecule has 0 spiro atoms. The maximum absolute atomic E-state index is 11.9. The molecular formula is C13H10N4O2S. The summed E-state index contributed by atoms with van der Waals surface area (Å²) in [5, 5.41) is 13.0. The lowest BCUT2D eigenvalue weighted by Gasteiger charge is -2.02. The number of fused-ring (bicyclic) bond motifs is 1. The van der Waals surface area contributed by atoms with Gasteiger partial charge in [-0.25, -0.2) is 4.79 Å². The molecule has 3 aromatic rings. The molecule has 2 heterocycles. The van der Waals surface area contributed by atoms with E-state index < -0.39 is 5.63 Å². The molecule has 100 valence electrons. The van der Waals surface area contributed by atoms with Crippen molar-refractivity contribution in [1.29, 1.82) is 0 Å². The molecule has 0 bridgehead atoms. The lowest BCUT2D eigenvalue weighted by molar-refractivity contribution is 0.559. The number of nitrogens with one attached hydrogen (secondary N) is 1. The molecule has 0 amide bonds. The number of anilines is 1. The molecular weight excluding hydrogens is 276 g/mol. The topological polar surface area (TPSA) is 80.4 Å². The van der Waals surface area contributed by atoms with Gasteiger partial charge < -0.3 is 4.42 Å². The van der Waals surface area contributed by atoms with E-state index in [4.69, 9.17) is 4.42 Å². The number of hydrogen-bond acceptors (Lipinski definition) is 7. The van der Waals surface area contributed by atoms with Crippen LogP contribution in [0.25, 0.3) is 11.0 Å². The van der Waals surface area contributed by atoms with Crippen LogP contribution in [-0.4, -0.2) is 15.9 Å². The first-order valence-electron chi connectivity index (χ1n) is 5.84. The molecule has 6 nitrogen and oxygen atoms in total. The summed E-state index contributed by atoms with van der Waals surface area (Å²) in [7, 11) is 0. The highest BCUT2D eigenvalue weighted by atomic mass is 32.1. The number of hydrogen-bond donors (Lipinski definition) is 1. The summed E-state index contributed by atoms with van der Waals surface area (Å²) in [6.07, 6.45) is 0. The zero-order valence-corrected chi connectivity index (χ0v) is 11.3. The second-order valence-electron chi connectivity index (χ2n) is 4.04. The van der Waals surface area contributed by atoms with Crippen LogP contribution < -0.4 is 11.1 Å². The van der Waals surface area contributed by atoms with Gasteiger partial charge in [0.05, 0.1) is 11.3 Å². The first-order valence-corrected chi connectivity index (χ1v) is 6.72. The Hall–Kier alpha value is -2.54. The highest BCUT2D eigenvalue weighted by Gasteiger charge is 2.08. The van der Waals surface area contributed by atoms with Crippen molar-refractivity contribution in [1.82, 2.24) is 10.2 Å². The van der Waals surface area contributed by atoms with Gasteiger partial charge in [0.25, 0.3) is 0 Å². The molecule has 0 aliphatic heterocycles.